The minimum absolute atomic E-state index is 0.798. The minimum Gasteiger partial charge on any atom is -0.233 e. The molecule has 1 aromatic heterocycles. The highest BCUT2D eigenvalue weighted by molar-refractivity contribution is 6.08. The summed E-state index contributed by atoms with van der Waals surface area (Å²) in [4.78, 5) is 9.28. The van der Waals surface area contributed by atoms with Gasteiger partial charge in [-0.25, -0.2) is 9.97 Å². The van der Waals surface area contributed by atoms with Crippen LogP contribution >= 0.6 is 0 Å². The predicted octanol–water partition coefficient (Wildman–Crippen LogP) is 5.91. The zero-order valence-corrected chi connectivity index (χ0v) is 13.9. The van der Waals surface area contributed by atoms with Crippen LogP contribution < -0.4 is 0 Å². The summed E-state index contributed by atoms with van der Waals surface area (Å²) in [5.74, 6) is 0.798. The topological polar surface area (TPSA) is 25.8 Å². The molecule has 0 bridgehead atoms. The van der Waals surface area contributed by atoms with Gasteiger partial charge in [0, 0.05) is 10.9 Å². The molecular weight excluding hydrogens is 304 g/mol. The standard InChI is InChI=1S/C23H16N2/c1-15-24-22-9-5-4-8-21(22)23(25-15)18-12-13-20-17(14-18)11-10-16-6-2-3-7-19(16)20/h2-14H,1H3. The Morgan fingerprint density at radius 3 is 2.24 bits per heavy atom. The third kappa shape index (κ3) is 2.26. The summed E-state index contributed by atoms with van der Waals surface area (Å²) in [6.07, 6.45) is 0. The quantitative estimate of drug-likeness (QED) is 0.359. The summed E-state index contributed by atoms with van der Waals surface area (Å²) in [5.41, 5.74) is 3.12. The van der Waals surface area contributed by atoms with Crippen molar-refractivity contribution in [3.8, 4) is 11.3 Å². The van der Waals surface area contributed by atoms with Crippen LogP contribution in [0, 0.1) is 6.92 Å². The monoisotopic (exact) mass is 320 g/mol. The number of hydrogen-bond donors (Lipinski definition) is 0. The van der Waals surface area contributed by atoms with Crippen molar-refractivity contribution in [2.75, 3.05) is 0 Å². The molecule has 0 atom stereocenters. The molecular formula is C23H16N2. The Labute approximate surface area is 145 Å². The van der Waals surface area contributed by atoms with Crippen molar-refractivity contribution in [2.24, 2.45) is 0 Å². The van der Waals surface area contributed by atoms with Crippen molar-refractivity contribution < 1.29 is 0 Å². The first-order valence-corrected chi connectivity index (χ1v) is 8.45. The van der Waals surface area contributed by atoms with Gasteiger partial charge in [-0.1, -0.05) is 66.7 Å². The average molecular weight is 320 g/mol. The highest BCUT2D eigenvalue weighted by atomic mass is 14.9. The second kappa shape index (κ2) is 5.38. The van der Waals surface area contributed by atoms with Gasteiger partial charge in [-0.05, 0) is 40.6 Å². The van der Waals surface area contributed by atoms with Crippen molar-refractivity contribution in [3.63, 3.8) is 0 Å². The molecule has 0 fully saturated rings. The molecule has 118 valence electrons. The van der Waals surface area contributed by atoms with Crippen molar-refractivity contribution in [2.45, 2.75) is 6.92 Å². The lowest BCUT2D eigenvalue weighted by Gasteiger charge is -2.09. The van der Waals surface area contributed by atoms with Crippen LogP contribution in [0.1, 0.15) is 5.82 Å². The molecule has 0 saturated heterocycles. The van der Waals surface area contributed by atoms with E-state index in [-0.39, 0.29) is 0 Å². The molecule has 0 aliphatic carbocycles. The van der Waals surface area contributed by atoms with Crippen molar-refractivity contribution in [3.05, 3.63) is 84.7 Å². The second-order valence-electron chi connectivity index (χ2n) is 6.36. The maximum atomic E-state index is 4.73. The number of aryl methyl sites for hydroxylation is 1. The Balaban J connectivity index is 1.81. The summed E-state index contributed by atoms with van der Waals surface area (Å²) in [6, 6.07) is 27.7. The van der Waals surface area contributed by atoms with Gasteiger partial charge in [0.25, 0.3) is 0 Å². The van der Waals surface area contributed by atoms with E-state index in [2.05, 4.69) is 65.6 Å². The van der Waals surface area contributed by atoms with Crippen LogP contribution in [0.5, 0.6) is 0 Å². The molecule has 0 saturated carbocycles. The van der Waals surface area contributed by atoms with Gasteiger partial charge in [0.2, 0.25) is 0 Å². The Bertz CT molecular complexity index is 1260. The van der Waals surface area contributed by atoms with Gasteiger partial charge in [-0.2, -0.15) is 0 Å². The normalized spacial score (nSPS) is 11.4. The SMILES string of the molecule is Cc1nc(-c2ccc3c(ccc4ccccc43)c2)c2ccccc2n1. The van der Waals surface area contributed by atoms with E-state index in [4.69, 9.17) is 4.98 Å². The first kappa shape index (κ1) is 14.1. The number of nitrogens with zero attached hydrogens (tertiary/aromatic N) is 2. The summed E-state index contributed by atoms with van der Waals surface area (Å²) in [5, 5.41) is 6.16. The summed E-state index contributed by atoms with van der Waals surface area (Å²) < 4.78 is 0. The predicted molar refractivity (Wildman–Crippen MR) is 105 cm³/mol. The van der Waals surface area contributed by atoms with Crippen LogP contribution in [0.4, 0.5) is 0 Å². The van der Waals surface area contributed by atoms with E-state index in [0.717, 1.165) is 28.0 Å². The fourth-order valence-electron chi connectivity index (χ4n) is 3.57. The molecule has 25 heavy (non-hydrogen) atoms. The van der Waals surface area contributed by atoms with Gasteiger partial charge in [0.05, 0.1) is 11.2 Å². The Hall–Kier alpha value is -3.26. The van der Waals surface area contributed by atoms with Crippen LogP contribution in [0.3, 0.4) is 0 Å². The Morgan fingerprint density at radius 2 is 1.32 bits per heavy atom. The maximum Gasteiger partial charge on any atom is 0.126 e. The highest BCUT2D eigenvalue weighted by Crippen LogP contribution is 2.31. The summed E-state index contributed by atoms with van der Waals surface area (Å²) in [6.45, 7) is 1.95. The first-order chi connectivity index (χ1) is 12.3. The van der Waals surface area contributed by atoms with E-state index < -0.39 is 0 Å². The van der Waals surface area contributed by atoms with Gasteiger partial charge >= 0.3 is 0 Å². The van der Waals surface area contributed by atoms with Gasteiger partial charge in [-0.15, -0.1) is 0 Å². The van der Waals surface area contributed by atoms with E-state index in [1.807, 2.05) is 25.1 Å². The van der Waals surface area contributed by atoms with E-state index in [0.29, 0.717) is 0 Å². The van der Waals surface area contributed by atoms with Crippen LogP contribution in [0.15, 0.2) is 78.9 Å². The van der Waals surface area contributed by atoms with Gasteiger partial charge in [-0.3, -0.25) is 0 Å². The van der Waals surface area contributed by atoms with Crippen molar-refractivity contribution >= 4 is 32.4 Å². The number of benzene rings is 4. The van der Waals surface area contributed by atoms with E-state index in [1.165, 1.54) is 21.5 Å². The molecule has 5 rings (SSSR count). The molecule has 0 spiro atoms. The summed E-state index contributed by atoms with van der Waals surface area (Å²) >= 11 is 0. The van der Waals surface area contributed by atoms with Crippen LogP contribution in [-0.2, 0) is 0 Å². The van der Waals surface area contributed by atoms with Gasteiger partial charge < -0.3 is 0 Å². The average Bonchev–Trinajstić information content (AvgIpc) is 2.66. The zero-order valence-electron chi connectivity index (χ0n) is 13.9. The third-order valence-electron chi connectivity index (χ3n) is 4.73. The van der Waals surface area contributed by atoms with Crippen molar-refractivity contribution in [1.29, 1.82) is 0 Å². The molecule has 4 aromatic carbocycles. The molecule has 1 heterocycles. The first-order valence-electron chi connectivity index (χ1n) is 8.45. The van der Waals surface area contributed by atoms with Gasteiger partial charge in [0.1, 0.15) is 5.82 Å². The maximum absolute atomic E-state index is 4.73. The van der Waals surface area contributed by atoms with Crippen LogP contribution in [0.25, 0.3) is 43.7 Å². The number of rotatable bonds is 1. The number of fused-ring (bicyclic) bond motifs is 4. The summed E-state index contributed by atoms with van der Waals surface area (Å²) in [7, 11) is 0. The molecule has 0 N–H and O–H groups in total. The molecule has 0 aliphatic heterocycles. The van der Waals surface area contributed by atoms with Crippen LogP contribution in [-0.4, -0.2) is 9.97 Å². The number of hydrogen-bond acceptors (Lipinski definition) is 2. The Morgan fingerprint density at radius 1 is 0.600 bits per heavy atom. The van der Waals surface area contributed by atoms with E-state index in [1.54, 1.807) is 0 Å². The molecule has 0 radical (unpaired) electrons. The molecule has 0 aliphatic rings. The third-order valence-corrected chi connectivity index (χ3v) is 4.73. The lowest BCUT2D eigenvalue weighted by Crippen LogP contribution is -1.94. The second-order valence-corrected chi connectivity index (χ2v) is 6.36. The molecule has 5 aromatic rings. The van der Waals surface area contributed by atoms with Crippen LogP contribution in [0.2, 0.25) is 0 Å². The molecule has 0 unspecified atom stereocenters. The number of aromatic nitrogens is 2. The molecule has 2 heteroatoms. The molecule has 0 amide bonds. The largest absolute Gasteiger partial charge is 0.233 e. The lowest BCUT2D eigenvalue weighted by atomic mass is 9.98. The van der Waals surface area contributed by atoms with E-state index in [9.17, 15) is 0 Å². The molecule has 2 nitrogen and oxygen atoms in total. The number of para-hydroxylation sites is 1. The zero-order chi connectivity index (χ0) is 16.8. The van der Waals surface area contributed by atoms with E-state index >= 15 is 0 Å². The minimum atomic E-state index is 0.798. The lowest BCUT2D eigenvalue weighted by molar-refractivity contribution is 1.10. The highest BCUT2D eigenvalue weighted by Gasteiger charge is 2.09. The Kier molecular flexibility index (Phi) is 3.04. The fraction of sp³-hybridized carbons (Fsp3) is 0.0435. The fourth-order valence-corrected chi connectivity index (χ4v) is 3.57. The van der Waals surface area contributed by atoms with Crippen molar-refractivity contribution in [1.82, 2.24) is 9.97 Å². The van der Waals surface area contributed by atoms with Gasteiger partial charge in [0.15, 0.2) is 0 Å². The smallest absolute Gasteiger partial charge is 0.126 e.